The zero-order chi connectivity index (χ0) is 20.8. The van der Waals surface area contributed by atoms with Crippen molar-refractivity contribution in [3.8, 4) is 5.75 Å². The van der Waals surface area contributed by atoms with Crippen LogP contribution in [0.3, 0.4) is 0 Å². The Morgan fingerprint density at radius 3 is 2.79 bits per heavy atom. The minimum atomic E-state index is -4.78. The number of nitrogens with two attached hydrogens (primary N) is 1. The van der Waals surface area contributed by atoms with E-state index in [4.69, 9.17) is 5.73 Å². The van der Waals surface area contributed by atoms with Crippen LogP contribution in [0, 0.1) is 5.41 Å². The number of thiazole rings is 1. The van der Waals surface area contributed by atoms with Gasteiger partial charge in [0.2, 0.25) is 11.8 Å². The van der Waals surface area contributed by atoms with Gasteiger partial charge in [0.25, 0.3) is 0 Å². The number of hydrogen-bond acceptors (Lipinski definition) is 6. The van der Waals surface area contributed by atoms with Gasteiger partial charge in [-0.3, -0.25) is 9.59 Å². The highest BCUT2D eigenvalue weighted by Crippen LogP contribution is 2.47. The predicted octanol–water partition coefficient (Wildman–Crippen LogP) is 2.86. The van der Waals surface area contributed by atoms with Crippen molar-refractivity contribution in [1.29, 1.82) is 0 Å². The van der Waals surface area contributed by atoms with E-state index in [9.17, 15) is 22.8 Å². The van der Waals surface area contributed by atoms with E-state index in [1.165, 1.54) is 18.2 Å². The third kappa shape index (κ3) is 4.01. The largest absolute Gasteiger partial charge is 0.573 e. The molecule has 1 aliphatic heterocycles. The van der Waals surface area contributed by atoms with Crippen LogP contribution in [0.2, 0.25) is 0 Å². The highest BCUT2D eigenvalue weighted by atomic mass is 32.1. The number of nitrogens with zero attached hydrogens (tertiary/aromatic N) is 2. The van der Waals surface area contributed by atoms with Crippen LogP contribution in [0.1, 0.15) is 25.7 Å². The Kier molecular flexibility index (Phi) is 4.89. The van der Waals surface area contributed by atoms with Gasteiger partial charge < -0.3 is 20.7 Å². The van der Waals surface area contributed by atoms with Crippen molar-refractivity contribution in [3.63, 3.8) is 0 Å². The number of carbonyl (C=O) groups is 2. The molecule has 2 amide bonds. The van der Waals surface area contributed by atoms with Crippen LogP contribution >= 0.6 is 11.3 Å². The Morgan fingerprint density at radius 1 is 1.38 bits per heavy atom. The molecule has 11 heteroatoms. The molecule has 2 fully saturated rings. The zero-order valence-electron chi connectivity index (χ0n) is 15.3. The van der Waals surface area contributed by atoms with E-state index < -0.39 is 17.8 Å². The highest BCUT2D eigenvalue weighted by molar-refractivity contribution is 7.22. The van der Waals surface area contributed by atoms with E-state index in [2.05, 4.69) is 15.0 Å². The van der Waals surface area contributed by atoms with Gasteiger partial charge in [0.15, 0.2) is 5.13 Å². The Morgan fingerprint density at radius 2 is 2.14 bits per heavy atom. The molecule has 156 valence electrons. The number of fused-ring (bicyclic) bond motifs is 1. The summed E-state index contributed by atoms with van der Waals surface area (Å²) < 4.78 is 41.5. The van der Waals surface area contributed by atoms with Crippen molar-refractivity contribution >= 4 is 38.5 Å². The van der Waals surface area contributed by atoms with Gasteiger partial charge in [-0.15, -0.1) is 13.2 Å². The Bertz CT molecular complexity index is 957. The summed E-state index contributed by atoms with van der Waals surface area (Å²) in [7, 11) is 0. The summed E-state index contributed by atoms with van der Waals surface area (Å²) in [5.41, 5.74) is 5.66. The standard InChI is InChI=1S/C18H19F3N4O3S/c19-18(20,21)28-10-3-4-11-13(8-10)29-16(23-11)24-14(26)12-2-1-7-25(12)15(27)17(9-22)5-6-17/h3-4,8,12H,1-2,5-7,9,22H2,(H,23,24,26)/t12-/m0/s1. The fourth-order valence-corrected chi connectivity index (χ4v) is 4.48. The lowest BCUT2D eigenvalue weighted by Gasteiger charge is -2.27. The van der Waals surface area contributed by atoms with Crippen molar-refractivity contribution in [2.75, 3.05) is 18.4 Å². The lowest BCUT2D eigenvalue weighted by molar-refractivity contribution is -0.274. The maximum atomic E-state index is 12.8. The molecule has 0 radical (unpaired) electrons. The summed E-state index contributed by atoms with van der Waals surface area (Å²) in [6, 6.07) is 3.19. The second-order valence-electron chi connectivity index (χ2n) is 7.33. The molecule has 29 heavy (non-hydrogen) atoms. The molecule has 7 nitrogen and oxygen atoms in total. The van der Waals surface area contributed by atoms with Gasteiger partial charge in [0.1, 0.15) is 11.8 Å². The Hall–Kier alpha value is -2.40. The molecule has 1 saturated carbocycles. The lowest BCUT2D eigenvalue weighted by Crippen LogP contribution is -2.47. The van der Waals surface area contributed by atoms with Crippen LogP contribution in [-0.4, -0.2) is 47.2 Å². The average molecular weight is 428 g/mol. The first-order valence-electron chi connectivity index (χ1n) is 9.19. The molecular weight excluding hydrogens is 409 g/mol. The SMILES string of the molecule is NCC1(C(=O)N2CCC[C@H]2C(=O)Nc2nc3ccc(OC(F)(F)F)cc3s2)CC1. The first-order chi connectivity index (χ1) is 13.7. The quantitative estimate of drug-likeness (QED) is 0.763. The number of anilines is 1. The smallest absolute Gasteiger partial charge is 0.406 e. The second-order valence-corrected chi connectivity index (χ2v) is 8.36. The maximum absolute atomic E-state index is 12.8. The summed E-state index contributed by atoms with van der Waals surface area (Å²) in [6.07, 6.45) is -2.02. The number of amides is 2. The minimum Gasteiger partial charge on any atom is -0.406 e. The van der Waals surface area contributed by atoms with Crippen molar-refractivity contribution < 1.29 is 27.5 Å². The molecule has 2 heterocycles. The summed E-state index contributed by atoms with van der Waals surface area (Å²) >= 11 is 1.04. The van der Waals surface area contributed by atoms with Crippen LogP contribution in [-0.2, 0) is 9.59 Å². The molecule has 2 aromatic rings. The summed E-state index contributed by atoms with van der Waals surface area (Å²) in [4.78, 5) is 31.4. The number of rotatable bonds is 5. The first-order valence-corrected chi connectivity index (χ1v) is 10.0. The zero-order valence-corrected chi connectivity index (χ0v) is 16.1. The van der Waals surface area contributed by atoms with Crippen LogP contribution in [0.15, 0.2) is 18.2 Å². The first kappa shape index (κ1) is 19.9. The van der Waals surface area contributed by atoms with Gasteiger partial charge in [0, 0.05) is 19.2 Å². The fraction of sp³-hybridized carbons (Fsp3) is 0.500. The number of carbonyl (C=O) groups excluding carboxylic acids is 2. The monoisotopic (exact) mass is 428 g/mol. The number of halogens is 3. The molecule has 0 bridgehead atoms. The van der Waals surface area contributed by atoms with E-state index in [1.807, 2.05) is 0 Å². The molecule has 0 unspecified atom stereocenters. The summed E-state index contributed by atoms with van der Waals surface area (Å²) in [5.74, 6) is -0.777. The topological polar surface area (TPSA) is 97.6 Å². The molecule has 0 spiro atoms. The fourth-order valence-electron chi connectivity index (χ4n) is 3.59. The van der Waals surface area contributed by atoms with E-state index >= 15 is 0 Å². The average Bonchev–Trinajstić information content (AvgIpc) is 3.11. The van der Waals surface area contributed by atoms with Gasteiger partial charge in [-0.25, -0.2) is 4.98 Å². The lowest BCUT2D eigenvalue weighted by atomic mass is 10.1. The van der Waals surface area contributed by atoms with E-state index in [0.29, 0.717) is 23.2 Å². The van der Waals surface area contributed by atoms with Crippen molar-refractivity contribution in [2.45, 2.75) is 38.1 Å². The molecule has 1 aliphatic carbocycles. The van der Waals surface area contributed by atoms with Crippen LogP contribution in [0.4, 0.5) is 18.3 Å². The van der Waals surface area contributed by atoms with Crippen LogP contribution in [0.5, 0.6) is 5.75 Å². The molecule has 2 aliphatic rings. The highest BCUT2D eigenvalue weighted by Gasteiger charge is 2.53. The van der Waals surface area contributed by atoms with Crippen molar-refractivity contribution in [1.82, 2.24) is 9.88 Å². The molecule has 1 atom stereocenters. The van der Waals surface area contributed by atoms with E-state index in [-0.39, 0.29) is 29.2 Å². The molecule has 3 N–H and O–H groups in total. The summed E-state index contributed by atoms with van der Waals surface area (Å²) in [6.45, 7) is 0.785. The van der Waals surface area contributed by atoms with E-state index in [0.717, 1.165) is 30.6 Å². The minimum absolute atomic E-state index is 0.0732. The van der Waals surface area contributed by atoms with Gasteiger partial charge in [-0.1, -0.05) is 11.3 Å². The van der Waals surface area contributed by atoms with Gasteiger partial charge in [0.05, 0.1) is 15.6 Å². The third-order valence-corrected chi connectivity index (χ3v) is 6.27. The van der Waals surface area contributed by atoms with Crippen LogP contribution in [0.25, 0.3) is 10.2 Å². The Labute approximate surface area is 168 Å². The third-order valence-electron chi connectivity index (χ3n) is 5.34. The molecular formula is C18H19F3N4O3S. The number of likely N-dealkylation sites (tertiary alicyclic amines) is 1. The molecule has 1 aromatic carbocycles. The van der Waals surface area contributed by atoms with Crippen molar-refractivity contribution in [3.05, 3.63) is 18.2 Å². The Balaban J connectivity index is 1.47. The van der Waals surface area contributed by atoms with Crippen LogP contribution < -0.4 is 15.8 Å². The maximum Gasteiger partial charge on any atom is 0.573 e. The second kappa shape index (κ2) is 7.13. The number of nitrogens with one attached hydrogen (secondary N) is 1. The van der Waals surface area contributed by atoms with Gasteiger partial charge in [-0.2, -0.15) is 0 Å². The van der Waals surface area contributed by atoms with Gasteiger partial charge >= 0.3 is 6.36 Å². The number of benzene rings is 1. The van der Waals surface area contributed by atoms with E-state index in [1.54, 1.807) is 4.90 Å². The predicted molar refractivity (Wildman–Crippen MR) is 100 cm³/mol. The normalized spacial score (nSPS) is 20.7. The summed E-state index contributed by atoms with van der Waals surface area (Å²) in [5, 5.41) is 2.95. The number of hydrogen-bond donors (Lipinski definition) is 2. The van der Waals surface area contributed by atoms with Gasteiger partial charge in [-0.05, 0) is 37.8 Å². The number of alkyl halides is 3. The molecule has 1 aromatic heterocycles. The number of ether oxygens (including phenoxy) is 1. The van der Waals surface area contributed by atoms with Crippen molar-refractivity contribution in [2.24, 2.45) is 11.1 Å². The molecule has 4 rings (SSSR count). The number of aromatic nitrogens is 1. The molecule has 1 saturated heterocycles.